The van der Waals surface area contributed by atoms with E-state index in [1.165, 1.54) is 0 Å². The second kappa shape index (κ2) is 5.34. The minimum Gasteiger partial charge on any atom is -0.306 e. The summed E-state index contributed by atoms with van der Waals surface area (Å²) in [6, 6.07) is 3.80. The molecule has 1 N–H and O–H groups in total. The van der Waals surface area contributed by atoms with Gasteiger partial charge in [-0.15, -0.1) is 0 Å². The van der Waals surface area contributed by atoms with Crippen molar-refractivity contribution in [2.75, 3.05) is 13.1 Å². The Kier molecular flexibility index (Phi) is 3.90. The molecule has 0 aliphatic heterocycles. The zero-order valence-electron chi connectivity index (χ0n) is 7.17. The number of rotatable bonds is 2. The first-order valence-corrected chi connectivity index (χ1v) is 4.03. The molecule has 62 valence electrons. The Labute approximate surface area is 73.0 Å². The van der Waals surface area contributed by atoms with Crippen molar-refractivity contribution in [2.24, 2.45) is 0 Å². The molecule has 0 saturated heterocycles. The zero-order chi connectivity index (χ0) is 8.65. The molecule has 0 unspecified atom stereocenters. The van der Waals surface area contributed by atoms with Crippen molar-refractivity contribution in [2.45, 2.75) is 6.92 Å². The third-order valence-electron chi connectivity index (χ3n) is 1.38. The van der Waals surface area contributed by atoms with E-state index in [-0.39, 0.29) is 0 Å². The van der Waals surface area contributed by atoms with E-state index in [4.69, 9.17) is 0 Å². The molecule has 0 amide bonds. The smallest absolute Gasteiger partial charge is 0.0580 e. The summed E-state index contributed by atoms with van der Waals surface area (Å²) in [4.78, 5) is 3.91. The Morgan fingerprint density at radius 1 is 1.42 bits per heavy atom. The van der Waals surface area contributed by atoms with Gasteiger partial charge < -0.3 is 5.32 Å². The van der Waals surface area contributed by atoms with Gasteiger partial charge in [0.25, 0.3) is 0 Å². The van der Waals surface area contributed by atoms with Crippen LogP contribution >= 0.6 is 0 Å². The van der Waals surface area contributed by atoms with Gasteiger partial charge in [-0.3, -0.25) is 4.98 Å². The number of hydrogen-bond acceptors (Lipinski definition) is 2. The van der Waals surface area contributed by atoms with E-state index in [0.717, 1.165) is 18.7 Å². The average Bonchev–Trinajstić information content (AvgIpc) is 2.14. The highest BCUT2D eigenvalue weighted by Gasteiger charge is 1.80. The van der Waals surface area contributed by atoms with Gasteiger partial charge in [-0.05, 0) is 18.7 Å². The number of nitrogens with one attached hydrogen (secondary N) is 1. The summed E-state index contributed by atoms with van der Waals surface area (Å²) in [5.74, 6) is 6.04. The third-order valence-corrected chi connectivity index (χ3v) is 1.38. The second-order valence-electron chi connectivity index (χ2n) is 2.32. The van der Waals surface area contributed by atoms with Gasteiger partial charge in [-0.1, -0.05) is 18.8 Å². The molecule has 1 heterocycles. The van der Waals surface area contributed by atoms with Crippen LogP contribution in [0.15, 0.2) is 24.5 Å². The largest absolute Gasteiger partial charge is 0.306 e. The Morgan fingerprint density at radius 2 is 2.17 bits per heavy atom. The molecule has 12 heavy (non-hydrogen) atoms. The van der Waals surface area contributed by atoms with Crippen LogP contribution in [0.3, 0.4) is 0 Å². The van der Waals surface area contributed by atoms with Crippen molar-refractivity contribution in [1.29, 1.82) is 0 Å². The number of hydrogen-bond donors (Lipinski definition) is 1. The lowest BCUT2D eigenvalue weighted by atomic mass is 10.3. The van der Waals surface area contributed by atoms with Crippen LogP contribution in [0, 0.1) is 11.8 Å². The van der Waals surface area contributed by atoms with E-state index in [1.54, 1.807) is 12.4 Å². The molecule has 1 aromatic heterocycles. The molecule has 0 aliphatic carbocycles. The van der Waals surface area contributed by atoms with Crippen LogP contribution in [0.5, 0.6) is 0 Å². The molecule has 0 aromatic carbocycles. The van der Waals surface area contributed by atoms with E-state index < -0.39 is 0 Å². The summed E-state index contributed by atoms with van der Waals surface area (Å²) in [6.07, 6.45) is 3.49. The molecule has 2 heteroatoms. The van der Waals surface area contributed by atoms with E-state index in [0.29, 0.717) is 0 Å². The van der Waals surface area contributed by atoms with Gasteiger partial charge in [0.2, 0.25) is 0 Å². The minimum absolute atomic E-state index is 0.749. The van der Waals surface area contributed by atoms with E-state index >= 15 is 0 Å². The van der Waals surface area contributed by atoms with Crippen LogP contribution in [0.25, 0.3) is 0 Å². The van der Waals surface area contributed by atoms with Gasteiger partial charge >= 0.3 is 0 Å². The quantitative estimate of drug-likeness (QED) is 0.516. The van der Waals surface area contributed by atoms with Gasteiger partial charge in [0.15, 0.2) is 0 Å². The molecule has 0 spiro atoms. The fraction of sp³-hybridized carbons (Fsp3) is 0.300. The maximum Gasteiger partial charge on any atom is 0.0580 e. The highest BCUT2D eigenvalue weighted by Crippen LogP contribution is 1.90. The maximum absolute atomic E-state index is 3.91. The first kappa shape index (κ1) is 8.76. The summed E-state index contributed by atoms with van der Waals surface area (Å²) in [7, 11) is 0. The van der Waals surface area contributed by atoms with Crippen LogP contribution in [-0.2, 0) is 0 Å². The van der Waals surface area contributed by atoms with Crippen LogP contribution < -0.4 is 5.32 Å². The highest BCUT2D eigenvalue weighted by molar-refractivity contribution is 5.32. The Hall–Kier alpha value is -1.33. The Balaban J connectivity index is 2.44. The van der Waals surface area contributed by atoms with E-state index in [2.05, 4.69) is 29.1 Å². The molecular formula is C10H12N2. The lowest BCUT2D eigenvalue weighted by molar-refractivity contribution is 0.811. The highest BCUT2D eigenvalue weighted by atomic mass is 14.8. The summed E-state index contributed by atoms with van der Waals surface area (Å²) >= 11 is 0. The van der Waals surface area contributed by atoms with Crippen LogP contribution in [0.2, 0.25) is 0 Å². The fourth-order valence-corrected chi connectivity index (χ4v) is 0.769. The fourth-order valence-electron chi connectivity index (χ4n) is 0.769. The second-order valence-corrected chi connectivity index (χ2v) is 2.32. The molecule has 1 aromatic rings. The Bertz CT molecular complexity index is 269. The minimum atomic E-state index is 0.749. The van der Waals surface area contributed by atoms with Crippen molar-refractivity contribution < 1.29 is 0 Å². The summed E-state index contributed by atoms with van der Waals surface area (Å²) < 4.78 is 0. The summed E-state index contributed by atoms with van der Waals surface area (Å²) in [6.45, 7) is 3.78. The molecule has 0 atom stereocenters. The Morgan fingerprint density at radius 3 is 2.83 bits per heavy atom. The first-order valence-electron chi connectivity index (χ1n) is 4.03. The molecular weight excluding hydrogens is 148 g/mol. The molecule has 0 aliphatic rings. The number of nitrogens with zero attached hydrogens (tertiary/aromatic N) is 1. The summed E-state index contributed by atoms with van der Waals surface area (Å²) in [5, 5.41) is 3.13. The molecule has 1 rings (SSSR count). The van der Waals surface area contributed by atoms with E-state index in [1.807, 2.05) is 12.1 Å². The summed E-state index contributed by atoms with van der Waals surface area (Å²) in [5.41, 5.74) is 1.02. The van der Waals surface area contributed by atoms with Crippen LogP contribution in [0.1, 0.15) is 12.5 Å². The molecule has 0 radical (unpaired) electrons. The lowest BCUT2D eigenvalue weighted by Crippen LogP contribution is -2.11. The van der Waals surface area contributed by atoms with Crippen LogP contribution in [0.4, 0.5) is 0 Å². The van der Waals surface area contributed by atoms with Crippen molar-refractivity contribution >= 4 is 0 Å². The molecule has 0 fully saturated rings. The van der Waals surface area contributed by atoms with Crippen molar-refractivity contribution in [3.8, 4) is 11.8 Å². The lowest BCUT2D eigenvalue weighted by Gasteiger charge is -1.89. The standard InChI is InChI=1S/C10H12N2/c1-2-11-7-3-4-10-5-8-12-9-6-10/h5-6,8-9,11H,2,7H2,1H3. The maximum atomic E-state index is 3.91. The van der Waals surface area contributed by atoms with E-state index in [9.17, 15) is 0 Å². The van der Waals surface area contributed by atoms with Gasteiger partial charge in [-0.25, -0.2) is 0 Å². The SMILES string of the molecule is CCNCC#Cc1ccncc1. The molecule has 2 nitrogen and oxygen atoms in total. The van der Waals surface area contributed by atoms with Crippen molar-refractivity contribution in [3.63, 3.8) is 0 Å². The predicted molar refractivity (Wildman–Crippen MR) is 49.7 cm³/mol. The zero-order valence-corrected chi connectivity index (χ0v) is 7.17. The van der Waals surface area contributed by atoms with Gasteiger partial charge in [0.1, 0.15) is 0 Å². The third kappa shape index (κ3) is 3.18. The molecule has 0 saturated carbocycles. The monoisotopic (exact) mass is 160 g/mol. The number of pyridine rings is 1. The number of aromatic nitrogens is 1. The van der Waals surface area contributed by atoms with Crippen LogP contribution in [-0.4, -0.2) is 18.1 Å². The molecule has 0 bridgehead atoms. The van der Waals surface area contributed by atoms with Crippen molar-refractivity contribution in [3.05, 3.63) is 30.1 Å². The van der Waals surface area contributed by atoms with Gasteiger partial charge in [-0.2, -0.15) is 0 Å². The normalized spacial score (nSPS) is 8.75. The van der Waals surface area contributed by atoms with Gasteiger partial charge in [0, 0.05) is 18.0 Å². The first-order chi connectivity index (χ1) is 5.93. The average molecular weight is 160 g/mol. The van der Waals surface area contributed by atoms with Crippen molar-refractivity contribution in [1.82, 2.24) is 10.3 Å². The predicted octanol–water partition coefficient (Wildman–Crippen LogP) is 1.04. The topological polar surface area (TPSA) is 24.9 Å². The van der Waals surface area contributed by atoms with Gasteiger partial charge in [0.05, 0.1) is 6.54 Å².